The molecule has 5 heteroatoms. The van der Waals surface area contributed by atoms with Crippen LogP contribution in [0.1, 0.15) is 22.3 Å². The standard InChI is InChI=1S/C17H18N2O2S/c1-13-3-6-16(14(2)11-13)9-10-19-22(20,21)17-7-4-15(12-18)5-8-17/h3-8,11,19H,9-10H2,1-2H3. The van der Waals surface area contributed by atoms with Gasteiger partial charge in [-0.25, -0.2) is 13.1 Å². The van der Waals surface area contributed by atoms with Gasteiger partial charge in [-0.05, 0) is 55.7 Å². The number of nitriles is 1. The van der Waals surface area contributed by atoms with Crippen molar-refractivity contribution in [2.45, 2.75) is 25.2 Å². The molecule has 0 spiro atoms. The van der Waals surface area contributed by atoms with Crippen LogP contribution in [-0.2, 0) is 16.4 Å². The van der Waals surface area contributed by atoms with Gasteiger partial charge in [0.15, 0.2) is 0 Å². The summed E-state index contributed by atoms with van der Waals surface area (Å²) in [7, 11) is -3.54. The number of aryl methyl sites for hydroxylation is 2. The lowest BCUT2D eigenvalue weighted by Gasteiger charge is -2.09. The van der Waals surface area contributed by atoms with Crippen LogP contribution in [-0.4, -0.2) is 15.0 Å². The second kappa shape index (κ2) is 6.73. The molecule has 2 aromatic carbocycles. The van der Waals surface area contributed by atoms with Crippen molar-refractivity contribution in [3.05, 3.63) is 64.7 Å². The van der Waals surface area contributed by atoms with Crippen molar-refractivity contribution in [2.24, 2.45) is 0 Å². The van der Waals surface area contributed by atoms with E-state index in [1.807, 2.05) is 32.0 Å². The van der Waals surface area contributed by atoms with Gasteiger partial charge < -0.3 is 0 Å². The summed E-state index contributed by atoms with van der Waals surface area (Å²) in [4.78, 5) is 0.173. The van der Waals surface area contributed by atoms with Crippen LogP contribution in [0.4, 0.5) is 0 Å². The molecular weight excluding hydrogens is 296 g/mol. The Morgan fingerprint density at radius 3 is 2.36 bits per heavy atom. The summed E-state index contributed by atoms with van der Waals surface area (Å²) in [6.45, 7) is 4.40. The van der Waals surface area contributed by atoms with Gasteiger partial charge in [-0.3, -0.25) is 0 Å². The maximum Gasteiger partial charge on any atom is 0.240 e. The van der Waals surface area contributed by atoms with Crippen molar-refractivity contribution in [1.29, 1.82) is 5.26 Å². The highest BCUT2D eigenvalue weighted by Gasteiger charge is 2.13. The molecule has 0 aliphatic carbocycles. The fourth-order valence-electron chi connectivity index (χ4n) is 2.24. The van der Waals surface area contributed by atoms with Gasteiger partial charge in [-0.1, -0.05) is 23.8 Å². The van der Waals surface area contributed by atoms with Crippen molar-refractivity contribution < 1.29 is 8.42 Å². The molecule has 0 heterocycles. The van der Waals surface area contributed by atoms with E-state index in [0.29, 0.717) is 18.5 Å². The minimum atomic E-state index is -3.54. The van der Waals surface area contributed by atoms with Crippen LogP contribution in [0.15, 0.2) is 47.4 Å². The van der Waals surface area contributed by atoms with Gasteiger partial charge in [0.25, 0.3) is 0 Å². The predicted molar refractivity (Wildman–Crippen MR) is 86.0 cm³/mol. The molecule has 0 saturated heterocycles. The molecule has 0 fully saturated rings. The van der Waals surface area contributed by atoms with E-state index in [-0.39, 0.29) is 4.90 Å². The Morgan fingerprint density at radius 1 is 1.09 bits per heavy atom. The van der Waals surface area contributed by atoms with E-state index in [0.717, 1.165) is 11.1 Å². The quantitative estimate of drug-likeness (QED) is 0.922. The zero-order valence-corrected chi connectivity index (χ0v) is 13.4. The first-order chi connectivity index (χ1) is 10.4. The zero-order valence-electron chi connectivity index (χ0n) is 12.6. The Morgan fingerprint density at radius 2 is 1.77 bits per heavy atom. The van der Waals surface area contributed by atoms with E-state index < -0.39 is 10.0 Å². The molecule has 2 rings (SSSR count). The smallest absolute Gasteiger partial charge is 0.211 e. The van der Waals surface area contributed by atoms with Gasteiger partial charge in [-0.2, -0.15) is 5.26 Å². The largest absolute Gasteiger partial charge is 0.240 e. The van der Waals surface area contributed by atoms with Crippen LogP contribution in [0, 0.1) is 25.2 Å². The van der Waals surface area contributed by atoms with E-state index in [2.05, 4.69) is 10.8 Å². The fourth-order valence-corrected chi connectivity index (χ4v) is 3.27. The SMILES string of the molecule is Cc1ccc(CCNS(=O)(=O)c2ccc(C#N)cc2)c(C)c1. The highest BCUT2D eigenvalue weighted by atomic mass is 32.2. The number of sulfonamides is 1. The Bertz CT molecular complexity index is 804. The molecule has 114 valence electrons. The molecule has 4 nitrogen and oxygen atoms in total. The Balaban J connectivity index is 2.02. The van der Waals surface area contributed by atoms with E-state index in [1.54, 1.807) is 0 Å². The molecule has 1 N–H and O–H groups in total. The Kier molecular flexibility index (Phi) is 4.96. The van der Waals surface area contributed by atoms with Crippen molar-refractivity contribution in [3.8, 4) is 6.07 Å². The van der Waals surface area contributed by atoms with Crippen LogP contribution in [0.25, 0.3) is 0 Å². The van der Waals surface area contributed by atoms with Crippen molar-refractivity contribution >= 4 is 10.0 Å². The number of hydrogen-bond donors (Lipinski definition) is 1. The number of hydrogen-bond acceptors (Lipinski definition) is 3. The molecule has 22 heavy (non-hydrogen) atoms. The van der Waals surface area contributed by atoms with E-state index in [1.165, 1.54) is 29.8 Å². The summed E-state index contributed by atoms with van der Waals surface area (Å²) in [6.07, 6.45) is 0.640. The number of nitrogens with zero attached hydrogens (tertiary/aromatic N) is 1. The summed E-state index contributed by atoms with van der Waals surface area (Å²) in [5.74, 6) is 0. The monoisotopic (exact) mass is 314 g/mol. The Labute approximate surface area is 131 Å². The Hall–Kier alpha value is -2.16. The molecular formula is C17H18N2O2S. The summed E-state index contributed by atoms with van der Waals surface area (Å²) >= 11 is 0. The number of rotatable bonds is 5. The molecule has 0 bridgehead atoms. The zero-order chi connectivity index (χ0) is 16.2. The predicted octanol–water partition coefficient (Wildman–Crippen LogP) is 2.70. The molecule has 0 aliphatic rings. The molecule has 0 radical (unpaired) electrons. The molecule has 2 aromatic rings. The highest BCUT2D eigenvalue weighted by Crippen LogP contribution is 2.12. The third-order valence-electron chi connectivity index (χ3n) is 3.48. The normalized spacial score (nSPS) is 11.1. The maximum absolute atomic E-state index is 12.2. The summed E-state index contributed by atoms with van der Waals surface area (Å²) in [5, 5.41) is 8.73. The first-order valence-corrected chi connectivity index (χ1v) is 8.46. The van der Waals surface area contributed by atoms with Crippen molar-refractivity contribution in [2.75, 3.05) is 6.54 Å². The first kappa shape index (κ1) is 16.2. The number of benzene rings is 2. The van der Waals surface area contributed by atoms with Gasteiger partial charge >= 0.3 is 0 Å². The second-order valence-electron chi connectivity index (χ2n) is 5.21. The topological polar surface area (TPSA) is 70.0 Å². The van der Waals surface area contributed by atoms with E-state index in [9.17, 15) is 8.42 Å². The van der Waals surface area contributed by atoms with Gasteiger partial charge in [0.05, 0.1) is 16.5 Å². The average molecular weight is 314 g/mol. The van der Waals surface area contributed by atoms with Gasteiger partial charge in [0.1, 0.15) is 0 Å². The first-order valence-electron chi connectivity index (χ1n) is 6.98. The van der Waals surface area contributed by atoms with Gasteiger partial charge in [0.2, 0.25) is 10.0 Å². The minimum Gasteiger partial charge on any atom is -0.211 e. The summed E-state index contributed by atoms with van der Waals surface area (Å²) < 4.78 is 26.9. The molecule has 0 unspecified atom stereocenters. The lowest BCUT2D eigenvalue weighted by molar-refractivity contribution is 0.581. The lowest BCUT2D eigenvalue weighted by atomic mass is 10.0. The average Bonchev–Trinajstić information content (AvgIpc) is 2.49. The second-order valence-corrected chi connectivity index (χ2v) is 6.98. The van der Waals surface area contributed by atoms with Crippen molar-refractivity contribution in [1.82, 2.24) is 4.72 Å². The molecule has 0 amide bonds. The molecule has 0 atom stereocenters. The maximum atomic E-state index is 12.2. The highest BCUT2D eigenvalue weighted by molar-refractivity contribution is 7.89. The van der Waals surface area contributed by atoms with Crippen LogP contribution in [0.2, 0.25) is 0 Å². The molecule has 0 aliphatic heterocycles. The molecule has 0 aromatic heterocycles. The summed E-state index contributed by atoms with van der Waals surface area (Å²) in [6, 6.07) is 14.0. The van der Waals surface area contributed by atoms with Gasteiger partial charge in [-0.15, -0.1) is 0 Å². The van der Waals surface area contributed by atoms with Gasteiger partial charge in [0, 0.05) is 6.54 Å². The van der Waals surface area contributed by atoms with Crippen LogP contribution in [0.5, 0.6) is 0 Å². The van der Waals surface area contributed by atoms with Crippen molar-refractivity contribution in [3.63, 3.8) is 0 Å². The number of nitrogens with one attached hydrogen (secondary N) is 1. The lowest BCUT2D eigenvalue weighted by Crippen LogP contribution is -2.26. The molecule has 0 saturated carbocycles. The van der Waals surface area contributed by atoms with Crippen LogP contribution >= 0.6 is 0 Å². The fraction of sp³-hybridized carbons (Fsp3) is 0.235. The van der Waals surface area contributed by atoms with E-state index >= 15 is 0 Å². The third-order valence-corrected chi connectivity index (χ3v) is 4.96. The van der Waals surface area contributed by atoms with E-state index in [4.69, 9.17) is 5.26 Å². The third kappa shape index (κ3) is 3.94. The van der Waals surface area contributed by atoms with Crippen LogP contribution < -0.4 is 4.72 Å². The van der Waals surface area contributed by atoms with Crippen LogP contribution in [0.3, 0.4) is 0 Å². The minimum absolute atomic E-state index is 0.173. The summed E-state index contributed by atoms with van der Waals surface area (Å²) in [5.41, 5.74) is 3.93.